The Morgan fingerprint density at radius 1 is 0.456 bits per heavy atom. The molecule has 0 saturated heterocycles. The zero-order valence-electron chi connectivity index (χ0n) is 35.6. The number of para-hydroxylation sites is 1. The van der Waals surface area contributed by atoms with Gasteiger partial charge in [0.25, 0.3) is 0 Å². The van der Waals surface area contributed by atoms with E-state index >= 15 is 0 Å². The molecule has 1 aliphatic carbocycles. The van der Waals surface area contributed by atoms with E-state index in [0.29, 0.717) is 11.1 Å². The van der Waals surface area contributed by atoms with Crippen molar-refractivity contribution in [3.05, 3.63) is 211 Å². The van der Waals surface area contributed by atoms with Crippen LogP contribution in [0, 0.1) is 0 Å². The number of anilines is 3. The summed E-state index contributed by atoms with van der Waals surface area (Å²) in [7, 11) is 0. The lowest BCUT2D eigenvalue weighted by molar-refractivity contribution is 0.660. The maximum absolute atomic E-state index is 9.12. The predicted molar refractivity (Wildman–Crippen MR) is 245 cm³/mol. The summed E-state index contributed by atoms with van der Waals surface area (Å²) in [6.07, 6.45) is 0. The van der Waals surface area contributed by atoms with Gasteiger partial charge in [-0.05, 0) is 103 Å². The standard InChI is InChI=1S/C55H39NS/c1-55(2)48-23-12-10-22-45(48)46-32-30-41(35-49(46)55)56(50-24-13-11-21-44(50)39-28-27-36-15-6-7-18-38(36)33-39)51-25-14-26-52-54(51)47-31-29-40(34-53(47)57-52)43-20-9-8-19-42(43)37-16-4-3-5-17-37/h3-35H,1-2H3/i8D,9D,19D,20D. The van der Waals surface area contributed by atoms with E-state index < -0.39 is 0 Å². The van der Waals surface area contributed by atoms with Crippen LogP contribution in [-0.4, -0.2) is 0 Å². The zero-order valence-corrected chi connectivity index (χ0v) is 32.4. The van der Waals surface area contributed by atoms with Crippen molar-refractivity contribution in [2.24, 2.45) is 0 Å². The molecule has 1 aromatic heterocycles. The minimum atomic E-state index is -0.236. The summed E-state index contributed by atoms with van der Waals surface area (Å²) >= 11 is 1.71. The van der Waals surface area contributed by atoms with Gasteiger partial charge in [-0.2, -0.15) is 0 Å². The van der Waals surface area contributed by atoms with Gasteiger partial charge in [0, 0.05) is 36.8 Å². The number of thiophene rings is 1. The molecule has 270 valence electrons. The van der Waals surface area contributed by atoms with Crippen molar-refractivity contribution in [3.8, 4) is 44.5 Å². The summed E-state index contributed by atoms with van der Waals surface area (Å²) in [5.74, 6) is 0. The Bertz CT molecular complexity index is 3400. The Labute approximate surface area is 343 Å². The van der Waals surface area contributed by atoms with E-state index in [1.54, 1.807) is 11.3 Å². The van der Waals surface area contributed by atoms with Crippen LogP contribution in [0.4, 0.5) is 17.1 Å². The molecule has 0 fully saturated rings. The van der Waals surface area contributed by atoms with E-state index in [1.807, 2.05) is 36.4 Å². The van der Waals surface area contributed by atoms with E-state index in [1.165, 1.54) is 33.0 Å². The van der Waals surface area contributed by atoms with Gasteiger partial charge in [0.1, 0.15) is 0 Å². The minimum absolute atomic E-state index is 0.0396. The molecular formula is C55H39NS. The summed E-state index contributed by atoms with van der Waals surface area (Å²) in [5, 5.41) is 4.61. The first-order valence-corrected chi connectivity index (χ1v) is 20.2. The van der Waals surface area contributed by atoms with Crippen LogP contribution >= 0.6 is 11.3 Å². The fourth-order valence-corrected chi connectivity index (χ4v) is 10.2. The molecule has 1 heterocycles. The van der Waals surface area contributed by atoms with Crippen molar-refractivity contribution < 1.29 is 5.48 Å². The van der Waals surface area contributed by atoms with Gasteiger partial charge in [0.05, 0.1) is 16.9 Å². The fourth-order valence-electron chi connectivity index (χ4n) is 9.01. The van der Waals surface area contributed by atoms with Gasteiger partial charge in [-0.25, -0.2) is 0 Å². The number of hydrogen-bond acceptors (Lipinski definition) is 2. The highest BCUT2D eigenvalue weighted by Gasteiger charge is 2.36. The lowest BCUT2D eigenvalue weighted by atomic mass is 9.82. The summed E-state index contributed by atoms with van der Waals surface area (Å²) in [5.41, 5.74) is 13.0. The summed E-state index contributed by atoms with van der Waals surface area (Å²) < 4.78 is 37.5. The van der Waals surface area contributed by atoms with Crippen molar-refractivity contribution in [1.29, 1.82) is 0 Å². The monoisotopic (exact) mass is 749 g/mol. The van der Waals surface area contributed by atoms with E-state index in [0.717, 1.165) is 59.5 Å². The van der Waals surface area contributed by atoms with Crippen LogP contribution in [0.15, 0.2) is 200 Å². The maximum Gasteiger partial charge on any atom is 0.0629 e. The Hall–Kier alpha value is -6.74. The number of hydrogen-bond donors (Lipinski definition) is 0. The van der Waals surface area contributed by atoms with Crippen LogP contribution in [0.5, 0.6) is 0 Å². The molecule has 0 saturated carbocycles. The number of fused-ring (bicyclic) bond motifs is 7. The van der Waals surface area contributed by atoms with Gasteiger partial charge in [-0.3, -0.25) is 0 Å². The highest BCUT2D eigenvalue weighted by Crippen LogP contribution is 2.53. The molecule has 0 unspecified atom stereocenters. The van der Waals surface area contributed by atoms with Gasteiger partial charge in [-0.1, -0.05) is 171 Å². The molecule has 11 rings (SSSR count). The molecule has 0 atom stereocenters. The highest BCUT2D eigenvalue weighted by atomic mass is 32.1. The summed E-state index contributed by atoms with van der Waals surface area (Å²) in [4.78, 5) is 2.44. The van der Waals surface area contributed by atoms with Crippen LogP contribution in [0.3, 0.4) is 0 Å². The lowest BCUT2D eigenvalue weighted by Crippen LogP contribution is -2.17. The van der Waals surface area contributed by atoms with Crippen molar-refractivity contribution in [1.82, 2.24) is 0 Å². The van der Waals surface area contributed by atoms with Crippen LogP contribution in [0.1, 0.15) is 30.5 Å². The second-order valence-corrected chi connectivity index (χ2v) is 16.5. The zero-order chi connectivity index (χ0) is 41.6. The molecule has 0 spiro atoms. The van der Waals surface area contributed by atoms with Crippen molar-refractivity contribution in [3.63, 3.8) is 0 Å². The third kappa shape index (κ3) is 5.44. The topological polar surface area (TPSA) is 3.24 Å². The minimum Gasteiger partial charge on any atom is -0.309 e. The average molecular weight is 750 g/mol. The van der Waals surface area contributed by atoms with Crippen LogP contribution < -0.4 is 4.90 Å². The average Bonchev–Trinajstić information content (AvgIpc) is 3.78. The Morgan fingerprint density at radius 2 is 1.12 bits per heavy atom. The molecular weight excluding hydrogens is 707 g/mol. The van der Waals surface area contributed by atoms with Crippen molar-refractivity contribution in [2.75, 3.05) is 4.90 Å². The predicted octanol–water partition coefficient (Wildman–Crippen LogP) is 16.0. The molecule has 1 aliphatic rings. The first-order chi connectivity index (χ1) is 29.7. The Balaban J connectivity index is 1.15. The van der Waals surface area contributed by atoms with Gasteiger partial charge in [0.2, 0.25) is 0 Å². The molecule has 0 N–H and O–H groups in total. The van der Waals surface area contributed by atoms with Crippen molar-refractivity contribution in [2.45, 2.75) is 19.3 Å². The van der Waals surface area contributed by atoms with E-state index in [9.17, 15) is 0 Å². The quantitative estimate of drug-likeness (QED) is 0.164. The molecule has 1 nitrogen and oxygen atoms in total. The van der Waals surface area contributed by atoms with Crippen LogP contribution in [0.2, 0.25) is 0 Å². The molecule has 0 amide bonds. The van der Waals surface area contributed by atoms with Crippen LogP contribution in [0.25, 0.3) is 75.5 Å². The number of nitrogens with zero attached hydrogens (tertiary/aromatic N) is 1. The number of rotatable bonds is 6. The molecule has 57 heavy (non-hydrogen) atoms. The first-order valence-electron chi connectivity index (χ1n) is 21.4. The van der Waals surface area contributed by atoms with Gasteiger partial charge in [0.15, 0.2) is 0 Å². The molecule has 0 bridgehead atoms. The normalized spacial score (nSPS) is 13.9. The second kappa shape index (κ2) is 13.2. The molecule has 0 aliphatic heterocycles. The van der Waals surface area contributed by atoms with Crippen molar-refractivity contribution >= 4 is 59.3 Å². The fraction of sp³-hybridized carbons (Fsp3) is 0.0545. The third-order valence-corrected chi connectivity index (χ3v) is 12.9. The van der Waals surface area contributed by atoms with E-state index in [4.69, 9.17) is 5.48 Å². The second-order valence-electron chi connectivity index (χ2n) is 15.4. The van der Waals surface area contributed by atoms with E-state index in [-0.39, 0.29) is 29.6 Å². The summed E-state index contributed by atoms with van der Waals surface area (Å²) in [6.45, 7) is 4.66. The Kier molecular flexibility index (Phi) is 6.83. The van der Waals surface area contributed by atoms with Gasteiger partial charge >= 0.3 is 0 Å². The van der Waals surface area contributed by atoms with Crippen LogP contribution in [-0.2, 0) is 5.41 Å². The first kappa shape index (κ1) is 29.5. The van der Waals surface area contributed by atoms with Gasteiger partial charge in [-0.15, -0.1) is 11.3 Å². The third-order valence-electron chi connectivity index (χ3n) is 11.8. The van der Waals surface area contributed by atoms with Gasteiger partial charge < -0.3 is 4.90 Å². The smallest absolute Gasteiger partial charge is 0.0629 e. The largest absolute Gasteiger partial charge is 0.309 e. The van der Waals surface area contributed by atoms with E-state index in [2.05, 4.69) is 158 Å². The molecule has 9 aromatic carbocycles. The number of benzene rings is 9. The SMILES string of the molecule is [2H]c1c([2H])c([2H])c(-c2ccc3c(c2)sc2cccc(N(c4ccc5c(c4)C(C)(C)c4ccccc4-5)c4ccccc4-c4ccc5ccccc5c4)c23)c(-c2ccccc2)c1[2H]. The maximum atomic E-state index is 9.12. The summed E-state index contributed by atoms with van der Waals surface area (Å²) in [6, 6.07) is 61.5. The molecule has 2 heteroatoms. The lowest BCUT2D eigenvalue weighted by Gasteiger charge is -2.30. The highest BCUT2D eigenvalue weighted by molar-refractivity contribution is 7.26. The molecule has 10 aromatic rings. The molecule has 0 radical (unpaired) electrons. The Morgan fingerprint density at radius 3 is 1.98 bits per heavy atom.